The summed E-state index contributed by atoms with van der Waals surface area (Å²) >= 11 is 6.01. The van der Waals surface area contributed by atoms with Gasteiger partial charge in [-0.2, -0.15) is 10.5 Å². The summed E-state index contributed by atoms with van der Waals surface area (Å²) in [4.78, 5) is 11.1. The van der Waals surface area contributed by atoms with Crippen LogP contribution in [0, 0.1) is 11.3 Å². The van der Waals surface area contributed by atoms with Crippen LogP contribution in [0.5, 0.6) is 5.75 Å². The highest BCUT2D eigenvalue weighted by molar-refractivity contribution is 6.33. The van der Waals surface area contributed by atoms with Gasteiger partial charge in [-0.15, -0.1) is 10.2 Å². The van der Waals surface area contributed by atoms with E-state index in [9.17, 15) is 4.79 Å². The predicted octanol–water partition coefficient (Wildman–Crippen LogP) is 1.54. The summed E-state index contributed by atoms with van der Waals surface area (Å²) in [6, 6.07) is 4.56. The molecule has 1 aromatic carbocycles. The van der Waals surface area contributed by atoms with Gasteiger partial charge >= 0.3 is 5.97 Å². The van der Waals surface area contributed by atoms with Crippen molar-refractivity contribution in [2.45, 2.75) is 0 Å². The molecule has 112 valence electrons. The predicted molar refractivity (Wildman–Crippen MR) is 76.4 cm³/mol. The van der Waals surface area contributed by atoms with Crippen LogP contribution in [0.4, 0.5) is 5.69 Å². The molecule has 0 amide bonds. The number of anilines is 1. The summed E-state index contributed by atoms with van der Waals surface area (Å²) in [6.45, 7) is 0. The Morgan fingerprint density at radius 2 is 2.36 bits per heavy atom. The number of hydrogen-bond acceptors (Lipinski definition) is 7. The highest BCUT2D eigenvalue weighted by atomic mass is 35.5. The number of nitrogens with zero attached hydrogens (tertiary/aromatic N) is 4. The lowest BCUT2D eigenvalue weighted by atomic mass is 10.1. The molecule has 0 saturated heterocycles. The Labute approximate surface area is 129 Å². The summed E-state index contributed by atoms with van der Waals surface area (Å²) in [5.41, 5.74) is 0.409. The number of nitriles is 1. The van der Waals surface area contributed by atoms with Crippen molar-refractivity contribution in [3.8, 4) is 11.8 Å². The molecular formula is C12H9ClN6O3. The standard InChI is InChI=1S/C12H9ClN6O3/c1-22-10-3-9(8(13)2-7(10)12(20)21)15-5-6(4-14)11-16-18-19-17-11/h2-3,5,15H,1H3,(H,20,21)(H,16,17,18,19). The Morgan fingerprint density at radius 3 is 2.91 bits per heavy atom. The van der Waals surface area contributed by atoms with E-state index in [-0.39, 0.29) is 27.7 Å². The molecule has 9 nitrogen and oxygen atoms in total. The molecule has 0 aliphatic rings. The maximum absolute atomic E-state index is 11.1. The molecule has 0 unspecified atom stereocenters. The molecular weight excluding hydrogens is 312 g/mol. The van der Waals surface area contributed by atoms with Gasteiger partial charge in [-0.05, 0) is 11.3 Å². The maximum atomic E-state index is 11.1. The molecule has 0 aliphatic heterocycles. The molecule has 10 heteroatoms. The SMILES string of the molecule is COc1cc(NC=C(C#N)c2nn[nH]n2)c(Cl)cc1C(=O)O. The van der Waals surface area contributed by atoms with Crippen LogP contribution in [0.2, 0.25) is 5.02 Å². The van der Waals surface area contributed by atoms with Gasteiger partial charge in [-0.25, -0.2) is 4.79 Å². The molecule has 1 heterocycles. The monoisotopic (exact) mass is 320 g/mol. The molecule has 0 radical (unpaired) electrons. The molecule has 0 bridgehead atoms. The van der Waals surface area contributed by atoms with Crippen molar-refractivity contribution in [2.75, 3.05) is 12.4 Å². The Hall–Kier alpha value is -3.12. The average Bonchev–Trinajstić information content (AvgIpc) is 3.03. The van der Waals surface area contributed by atoms with Gasteiger partial charge in [0, 0.05) is 12.3 Å². The van der Waals surface area contributed by atoms with Crippen LogP contribution in [0.25, 0.3) is 5.57 Å². The smallest absolute Gasteiger partial charge is 0.339 e. The zero-order valence-electron chi connectivity index (χ0n) is 11.2. The second kappa shape index (κ2) is 6.55. The number of carboxylic acid groups (broad SMARTS) is 1. The topological polar surface area (TPSA) is 137 Å². The molecule has 22 heavy (non-hydrogen) atoms. The van der Waals surface area contributed by atoms with Crippen LogP contribution in [0.1, 0.15) is 16.2 Å². The van der Waals surface area contributed by atoms with Crippen LogP contribution in [0.3, 0.4) is 0 Å². The zero-order valence-corrected chi connectivity index (χ0v) is 11.9. The Balaban J connectivity index is 2.34. The number of nitrogens with one attached hydrogen (secondary N) is 2. The number of tetrazole rings is 1. The molecule has 2 rings (SSSR count). The largest absolute Gasteiger partial charge is 0.496 e. The van der Waals surface area contributed by atoms with Crippen molar-refractivity contribution in [3.63, 3.8) is 0 Å². The first kappa shape index (κ1) is 15.3. The number of halogens is 1. The quantitative estimate of drug-likeness (QED) is 0.705. The third-order valence-electron chi connectivity index (χ3n) is 2.60. The van der Waals surface area contributed by atoms with E-state index in [0.717, 1.165) is 0 Å². The lowest BCUT2D eigenvalue weighted by molar-refractivity contribution is 0.0693. The number of allylic oxidation sites excluding steroid dienone is 1. The number of carbonyl (C=O) groups is 1. The van der Waals surface area contributed by atoms with Crippen LogP contribution in [-0.2, 0) is 0 Å². The Morgan fingerprint density at radius 1 is 1.59 bits per heavy atom. The molecule has 2 aromatic rings. The van der Waals surface area contributed by atoms with E-state index in [4.69, 9.17) is 26.7 Å². The normalized spacial score (nSPS) is 10.9. The fourth-order valence-electron chi connectivity index (χ4n) is 1.57. The second-order valence-corrected chi connectivity index (χ2v) is 4.29. The number of H-pyrrole nitrogens is 1. The maximum Gasteiger partial charge on any atom is 0.339 e. The molecule has 0 saturated carbocycles. The molecule has 3 N–H and O–H groups in total. The molecule has 0 atom stereocenters. The van der Waals surface area contributed by atoms with E-state index in [1.807, 2.05) is 6.07 Å². The van der Waals surface area contributed by atoms with E-state index < -0.39 is 5.97 Å². The van der Waals surface area contributed by atoms with Crippen molar-refractivity contribution in [1.29, 1.82) is 5.26 Å². The van der Waals surface area contributed by atoms with Crippen molar-refractivity contribution in [3.05, 3.63) is 34.7 Å². The first-order valence-electron chi connectivity index (χ1n) is 5.78. The van der Waals surface area contributed by atoms with Gasteiger partial charge in [0.1, 0.15) is 23.0 Å². The number of hydrogen-bond donors (Lipinski definition) is 3. The third-order valence-corrected chi connectivity index (χ3v) is 2.91. The van der Waals surface area contributed by atoms with Crippen LogP contribution >= 0.6 is 11.6 Å². The summed E-state index contributed by atoms with van der Waals surface area (Å²) < 4.78 is 5.00. The van der Waals surface area contributed by atoms with Crippen LogP contribution in [0.15, 0.2) is 18.3 Å². The summed E-state index contributed by atoms with van der Waals surface area (Å²) in [7, 11) is 1.34. The molecule has 0 aliphatic carbocycles. The summed E-state index contributed by atoms with van der Waals surface area (Å²) in [5, 5.41) is 34.0. The van der Waals surface area contributed by atoms with Gasteiger partial charge < -0.3 is 15.2 Å². The number of methoxy groups -OCH3 is 1. The minimum Gasteiger partial charge on any atom is -0.496 e. The number of aromatic carboxylic acids is 1. The van der Waals surface area contributed by atoms with Crippen LogP contribution in [-0.4, -0.2) is 38.8 Å². The fraction of sp³-hybridized carbons (Fsp3) is 0.0833. The lowest BCUT2D eigenvalue weighted by Gasteiger charge is -2.10. The third kappa shape index (κ3) is 3.13. The Kier molecular flexibility index (Phi) is 4.55. The molecule has 1 aromatic heterocycles. The van der Waals surface area contributed by atoms with E-state index >= 15 is 0 Å². The molecule has 0 spiro atoms. The van der Waals surface area contributed by atoms with Crippen molar-refractivity contribution >= 4 is 28.8 Å². The summed E-state index contributed by atoms with van der Waals surface area (Å²) in [5.74, 6) is -0.920. The molecule has 0 fully saturated rings. The van der Waals surface area contributed by atoms with Gasteiger partial charge in [0.2, 0.25) is 5.82 Å². The Bertz CT molecular complexity index is 766. The van der Waals surface area contributed by atoms with E-state index in [1.165, 1.54) is 25.4 Å². The number of aromatic nitrogens is 4. The lowest BCUT2D eigenvalue weighted by Crippen LogP contribution is -2.02. The van der Waals surface area contributed by atoms with Gasteiger partial charge in [-0.1, -0.05) is 11.6 Å². The van der Waals surface area contributed by atoms with Crippen molar-refractivity contribution < 1.29 is 14.6 Å². The van der Waals surface area contributed by atoms with E-state index in [0.29, 0.717) is 5.69 Å². The second-order valence-electron chi connectivity index (χ2n) is 3.89. The number of benzene rings is 1. The first-order valence-corrected chi connectivity index (χ1v) is 6.16. The van der Waals surface area contributed by atoms with Gasteiger partial charge in [-0.3, -0.25) is 0 Å². The number of rotatable bonds is 5. The van der Waals surface area contributed by atoms with E-state index in [2.05, 4.69) is 25.9 Å². The number of carboxylic acids is 1. The fourth-order valence-corrected chi connectivity index (χ4v) is 1.79. The van der Waals surface area contributed by atoms with Gasteiger partial charge in [0.05, 0.1) is 17.8 Å². The minimum atomic E-state index is -1.16. The van der Waals surface area contributed by atoms with Crippen LogP contribution < -0.4 is 10.1 Å². The number of ether oxygens (including phenoxy) is 1. The first-order chi connectivity index (χ1) is 10.6. The van der Waals surface area contributed by atoms with Gasteiger partial charge in [0.25, 0.3) is 0 Å². The van der Waals surface area contributed by atoms with E-state index in [1.54, 1.807) is 0 Å². The average molecular weight is 321 g/mol. The zero-order chi connectivity index (χ0) is 16.1. The highest BCUT2D eigenvalue weighted by Gasteiger charge is 2.15. The highest BCUT2D eigenvalue weighted by Crippen LogP contribution is 2.31. The minimum absolute atomic E-state index is 0.0688. The van der Waals surface area contributed by atoms with Crippen molar-refractivity contribution in [2.24, 2.45) is 0 Å². The number of aromatic amines is 1. The summed E-state index contributed by atoms with van der Waals surface area (Å²) in [6.07, 6.45) is 1.33. The van der Waals surface area contributed by atoms with Crippen molar-refractivity contribution in [1.82, 2.24) is 20.6 Å². The van der Waals surface area contributed by atoms with Gasteiger partial charge in [0.15, 0.2) is 0 Å².